The van der Waals surface area contributed by atoms with Crippen molar-refractivity contribution in [3.8, 4) is 6.07 Å². The molecule has 0 spiro atoms. The number of aliphatic imine (C=N–C) groups is 1. The summed E-state index contributed by atoms with van der Waals surface area (Å²) in [4.78, 5) is 4.04. The molecule has 2 N–H and O–H groups in total. The monoisotopic (exact) mass is 203 g/mol. The summed E-state index contributed by atoms with van der Waals surface area (Å²) < 4.78 is 12.7. The molecule has 0 aromatic heterocycles. The second-order valence-electron chi connectivity index (χ2n) is 2.94. The van der Waals surface area contributed by atoms with Crippen LogP contribution in [0.25, 0.3) is 0 Å². The average Bonchev–Trinajstić information content (AvgIpc) is 2.21. The van der Waals surface area contributed by atoms with Crippen molar-refractivity contribution in [2.24, 2.45) is 10.7 Å². The van der Waals surface area contributed by atoms with Crippen LogP contribution < -0.4 is 5.73 Å². The van der Waals surface area contributed by atoms with E-state index in [2.05, 4.69) is 4.99 Å². The first kappa shape index (κ1) is 10.9. The topological polar surface area (TPSA) is 62.2 Å². The van der Waals surface area contributed by atoms with Gasteiger partial charge in [0.15, 0.2) is 0 Å². The van der Waals surface area contributed by atoms with Crippen molar-refractivity contribution in [3.63, 3.8) is 0 Å². The smallest absolute Gasteiger partial charge is 0.123 e. The van der Waals surface area contributed by atoms with Gasteiger partial charge in [-0.2, -0.15) is 5.26 Å². The Bertz CT molecular complexity index is 455. The molecule has 0 aliphatic carbocycles. The van der Waals surface area contributed by atoms with Gasteiger partial charge in [0, 0.05) is 6.21 Å². The van der Waals surface area contributed by atoms with Crippen LogP contribution in [0.2, 0.25) is 0 Å². The molecule has 0 saturated carbocycles. The molecule has 0 aliphatic rings. The molecule has 4 heteroatoms. The molecule has 0 saturated heterocycles. The zero-order valence-electron chi connectivity index (χ0n) is 8.24. The first-order valence-corrected chi connectivity index (χ1v) is 4.29. The van der Waals surface area contributed by atoms with Gasteiger partial charge in [-0.1, -0.05) is 0 Å². The normalized spacial score (nSPS) is 11.7. The first-order valence-electron chi connectivity index (χ1n) is 4.29. The maximum absolute atomic E-state index is 12.7. The molecule has 3 nitrogen and oxygen atoms in total. The largest absolute Gasteiger partial charge is 0.390 e. The fourth-order valence-electron chi connectivity index (χ4n) is 0.999. The number of hydrogen-bond donors (Lipinski definition) is 1. The highest BCUT2D eigenvalue weighted by Crippen LogP contribution is 2.18. The van der Waals surface area contributed by atoms with E-state index in [1.165, 1.54) is 24.4 Å². The minimum atomic E-state index is -0.293. The van der Waals surface area contributed by atoms with E-state index in [4.69, 9.17) is 11.0 Å². The standard InChI is InChI=1S/C11H10FN3/c1-8-6-9(12)2-3-11(8)15-5-4-10(14)7-13/h2-6H,14H2,1H3. The maximum atomic E-state index is 12.7. The van der Waals surface area contributed by atoms with Crippen LogP contribution >= 0.6 is 0 Å². The Morgan fingerprint density at radius 3 is 2.93 bits per heavy atom. The van der Waals surface area contributed by atoms with E-state index in [0.717, 1.165) is 5.56 Å². The minimum absolute atomic E-state index is 0.0820. The highest BCUT2D eigenvalue weighted by atomic mass is 19.1. The molecule has 0 bridgehead atoms. The number of benzene rings is 1. The number of halogens is 1. The van der Waals surface area contributed by atoms with E-state index in [1.54, 1.807) is 19.1 Å². The summed E-state index contributed by atoms with van der Waals surface area (Å²) in [7, 11) is 0. The fraction of sp³-hybridized carbons (Fsp3) is 0.0909. The summed E-state index contributed by atoms with van der Waals surface area (Å²) in [5.74, 6) is -0.293. The third-order valence-electron chi connectivity index (χ3n) is 1.76. The maximum Gasteiger partial charge on any atom is 0.123 e. The van der Waals surface area contributed by atoms with Gasteiger partial charge in [0.1, 0.15) is 17.6 Å². The lowest BCUT2D eigenvalue weighted by molar-refractivity contribution is 0.627. The van der Waals surface area contributed by atoms with Crippen LogP contribution in [0, 0.1) is 24.1 Å². The predicted octanol–water partition coefficient (Wildman–Crippen LogP) is 2.20. The SMILES string of the molecule is Cc1cc(F)ccc1N=CC=C(N)C#N. The van der Waals surface area contributed by atoms with Gasteiger partial charge in [-0.15, -0.1) is 0 Å². The molecule has 1 rings (SSSR count). The van der Waals surface area contributed by atoms with Crippen molar-refractivity contribution < 1.29 is 4.39 Å². The Kier molecular flexibility index (Phi) is 3.58. The summed E-state index contributed by atoms with van der Waals surface area (Å²) in [6.45, 7) is 1.76. The Labute approximate surface area is 87.4 Å². The van der Waals surface area contributed by atoms with E-state index < -0.39 is 0 Å². The summed E-state index contributed by atoms with van der Waals surface area (Å²) in [6, 6.07) is 6.05. The summed E-state index contributed by atoms with van der Waals surface area (Å²) in [5, 5.41) is 8.37. The quantitative estimate of drug-likeness (QED) is 0.591. The van der Waals surface area contributed by atoms with Gasteiger partial charge < -0.3 is 5.73 Å². The average molecular weight is 203 g/mol. The number of rotatable bonds is 2. The minimum Gasteiger partial charge on any atom is -0.390 e. The molecule has 0 radical (unpaired) electrons. The van der Waals surface area contributed by atoms with Crippen molar-refractivity contribution in [1.82, 2.24) is 0 Å². The highest BCUT2D eigenvalue weighted by molar-refractivity contribution is 5.76. The van der Waals surface area contributed by atoms with Gasteiger partial charge in [-0.05, 0) is 36.8 Å². The van der Waals surface area contributed by atoms with Crippen LogP contribution in [0.3, 0.4) is 0 Å². The summed E-state index contributed by atoms with van der Waals surface area (Å²) in [6.07, 6.45) is 2.81. The van der Waals surface area contributed by atoms with Gasteiger partial charge in [0.2, 0.25) is 0 Å². The number of nitriles is 1. The van der Waals surface area contributed by atoms with Crippen LogP contribution in [-0.2, 0) is 0 Å². The van der Waals surface area contributed by atoms with Crippen molar-refractivity contribution in [2.45, 2.75) is 6.92 Å². The summed E-state index contributed by atoms with van der Waals surface area (Å²) >= 11 is 0. The van der Waals surface area contributed by atoms with Gasteiger partial charge in [-0.3, -0.25) is 4.99 Å². The van der Waals surface area contributed by atoms with Crippen LogP contribution in [0.15, 0.2) is 35.0 Å². The first-order chi connectivity index (χ1) is 7.13. The molecule has 0 amide bonds. The Morgan fingerprint density at radius 1 is 1.60 bits per heavy atom. The fourth-order valence-corrected chi connectivity index (χ4v) is 0.999. The predicted molar refractivity (Wildman–Crippen MR) is 57.2 cm³/mol. The molecule has 15 heavy (non-hydrogen) atoms. The third-order valence-corrected chi connectivity index (χ3v) is 1.76. The van der Waals surface area contributed by atoms with Crippen molar-refractivity contribution >= 4 is 11.9 Å². The van der Waals surface area contributed by atoms with E-state index in [9.17, 15) is 4.39 Å². The van der Waals surface area contributed by atoms with Gasteiger partial charge in [0.05, 0.1) is 5.69 Å². The molecule has 0 heterocycles. The van der Waals surface area contributed by atoms with E-state index in [0.29, 0.717) is 5.69 Å². The highest BCUT2D eigenvalue weighted by Gasteiger charge is 1.96. The number of hydrogen-bond acceptors (Lipinski definition) is 3. The molecular formula is C11H10FN3. The second-order valence-corrected chi connectivity index (χ2v) is 2.94. The van der Waals surface area contributed by atoms with Crippen molar-refractivity contribution in [1.29, 1.82) is 5.26 Å². The second kappa shape index (κ2) is 4.91. The molecule has 1 aromatic carbocycles. The zero-order valence-corrected chi connectivity index (χ0v) is 8.24. The lowest BCUT2D eigenvalue weighted by Crippen LogP contribution is -1.92. The number of nitrogens with zero attached hydrogens (tertiary/aromatic N) is 2. The van der Waals surface area contributed by atoms with Gasteiger partial charge in [-0.25, -0.2) is 4.39 Å². The van der Waals surface area contributed by atoms with Crippen LogP contribution in [0.5, 0.6) is 0 Å². The molecule has 1 aromatic rings. The number of aryl methyl sites for hydroxylation is 1. The Balaban J connectivity index is 2.87. The molecule has 0 aliphatic heterocycles. The Hall–Kier alpha value is -2.15. The van der Waals surface area contributed by atoms with Crippen LogP contribution in [-0.4, -0.2) is 6.21 Å². The lowest BCUT2D eigenvalue weighted by atomic mass is 10.2. The van der Waals surface area contributed by atoms with Crippen LogP contribution in [0.1, 0.15) is 5.56 Å². The van der Waals surface area contributed by atoms with E-state index in [-0.39, 0.29) is 11.5 Å². The molecule has 0 fully saturated rings. The third kappa shape index (κ3) is 3.24. The van der Waals surface area contributed by atoms with Crippen molar-refractivity contribution in [3.05, 3.63) is 41.4 Å². The molecule has 0 atom stereocenters. The molecule has 76 valence electrons. The Morgan fingerprint density at radius 2 is 2.33 bits per heavy atom. The van der Waals surface area contributed by atoms with Gasteiger partial charge in [0.25, 0.3) is 0 Å². The zero-order chi connectivity index (χ0) is 11.3. The lowest BCUT2D eigenvalue weighted by Gasteiger charge is -1.98. The van der Waals surface area contributed by atoms with Gasteiger partial charge >= 0.3 is 0 Å². The van der Waals surface area contributed by atoms with Crippen molar-refractivity contribution in [2.75, 3.05) is 0 Å². The number of nitrogens with two attached hydrogens (primary N) is 1. The molecule has 0 unspecified atom stereocenters. The number of allylic oxidation sites excluding steroid dienone is 2. The summed E-state index contributed by atoms with van der Waals surface area (Å²) in [5.41, 5.74) is 6.71. The van der Waals surface area contributed by atoms with Crippen LogP contribution in [0.4, 0.5) is 10.1 Å². The van der Waals surface area contributed by atoms with E-state index >= 15 is 0 Å². The van der Waals surface area contributed by atoms with E-state index in [1.807, 2.05) is 0 Å². The molecular weight excluding hydrogens is 193 g/mol.